The van der Waals surface area contributed by atoms with E-state index in [0.29, 0.717) is 18.8 Å². The molecule has 19 heavy (non-hydrogen) atoms. The smallest absolute Gasteiger partial charge is 0.222 e. The third kappa shape index (κ3) is 6.08. The Balaban J connectivity index is 2.25. The number of likely N-dealkylation sites (tertiary alicyclic amines) is 1. The number of hydrogen-bond acceptors (Lipinski definition) is 2. The van der Waals surface area contributed by atoms with E-state index in [1.165, 1.54) is 0 Å². The molecule has 1 aliphatic rings. The first-order valence-electron chi connectivity index (χ1n) is 7.60. The van der Waals surface area contributed by atoms with Crippen molar-refractivity contribution >= 4 is 11.8 Å². The van der Waals surface area contributed by atoms with Gasteiger partial charge in [0.2, 0.25) is 11.8 Å². The number of carbonyl (C=O) groups excluding carboxylic acids is 2. The molecule has 0 bridgehead atoms. The fourth-order valence-electron chi connectivity index (χ4n) is 2.39. The molecular formula is C15H28N2O2. The fraction of sp³-hybridized carbons (Fsp3) is 0.867. The number of nitrogens with one attached hydrogen (secondary N) is 1. The lowest BCUT2D eigenvalue weighted by atomic mass is 10.0. The normalized spacial score (nSPS) is 16.7. The van der Waals surface area contributed by atoms with Gasteiger partial charge in [0.25, 0.3) is 0 Å². The molecule has 0 aromatic heterocycles. The molecular weight excluding hydrogens is 240 g/mol. The van der Waals surface area contributed by atoms with Crippen LogP contribution in [0.1, 0.15) is 59.3 Å². The van der Waals surface area contributed by atoms with Crippen LogP contribution in [0.25, 0.3) is 0 Å². The van der Waals surface area contributed by atoms with Gasteiger partial charge in [-0.1, -0.05) is 27.2 Å². The highest BCUT2D eigenvalue weighted by Gasteiger charge is 2.23. The van der Waals surface area contributed by atoms with Crippen LogP contribution in [-0.2, 0) is 9.59 Å². The highest BCUT2D eigenvalue weighted by atomic mass is 16.2. The third-order valence-corrected chi connectivity index (χ3v) is 3.55. The van der Waals surface area contributed by atoms with Gasteiger partial charge in [-0.05, 0) is 25.2 Å². The number of hydrogen-bond donors (Lipinski definition) is 1. The zero-order valence-electron chi connectivity index (χ0n) is 12.6. The summed E-state index contributed by atoms with van der Waals surface area (Å²) in [5.74, 6) is 0.832. The Hall–Kier alpha value is -1.06. The Bertz CT molecular complexity index is 295. The Kier molecular flexibility index (Phi) is 6.89. The summed E-state index contributed by atoms with van der Waals surface area (Å²) in [5, 5.41) is 3.08. The molecule has 0 aromatic carbocycles. The van der Waals surface area contributed by atoms with Gasteiger partial charge in [0, 0.05) is 32.0 Å². The van der Waals surface area contributed by atoms with Crippen molar-refractivity contribution < 1.29 is 9.59 Å². The van der Waals surface area contributed by atoms with Crippen molar-refractivity contribution in [3.8, 4) is 0 Å². The van der Waals surface area contributed by atoms with E-state index < -0.39 is 0 Å². The van der Waals surface area contributed by atoms with E-state index >= 15 is 0 Å². The maximum atomic E-state index is 11.9. The predicted octanol–water partition coefficient (Wildman–Crippen LogP) is 2.33. The number of piperidine rings is 1. The molecule has 1 rings (SSSR count). The average Bonchev–Trinajstić information content (AvgIpc) is 2.36. The van der Waals surface area contributed by atoms with Gasteiger partial charge >= 0.3 is 0 Å². The number of rotatable bonds is 6. The molecule has 1 aliphatic heterocycles. The van der Waals surface area contributed by atoms with Gasteiger partial charge in [0.1, 0.15) is 0 Å². The van der Waals surface area contributed by atoms with E-state index in [0.717, 1.165) is 38.8 Å². The topological polar surface area (TPSA) is 49.4 Å². The summed E-state index contributed by atoms with van der Waals surface area (Å²) in [4.78, 5) is 25.5. The molecule has 0 atom stereocenters. The number of nitrogens with zero attached hydrogens (tertiary/aromatic N) is 1. The third-order valence-electron chi connectivity index (χ3n) is 3.55. The summed E-state index contributed by atoms with van der Waals surface area (Å²) in [6, 6.07) is 0.257. The number of amides is 2. The van der Waals surface area contributed by atoms with E-state index in [9.17, 15) is 9.59 Å². The van der Waals surface area contributed by atoms with Gasteiger partial charge in [0.15, 0.2) is 0 Å². The summed E-state index contributed by atoms with van der Waals surface area (Å²) in [6.45, 7) is 7.79. The van der Waals surface area contributed by atoms with Crippen LogP contribution in [0.4, 0.5) is 0 Å². The molecule has 0 spiro atoms. The van der Waals surface area contributed by atoms with Crippen molar-refractivity contribution in [1.82, 2.24) is 10.2 Å². The van der Waals surface area contributed by atoms with E-state index in [2.05, 4.69) is 26.1 Å². The molecule has 1 heterocycles. The van der Waals surface area contributed by atoms with Gasteiger partial charge in [-0.2, -0.15) is 0 Å². The first-order valence-corrected chi connectivity index (χ1v) is 7.60. The molecule has 0 radical (unpaired) electrons. The molecule has 2 amide bonds. The predicted molar refractivity (Wildman–Crippen MR) is 76.7 cm³/mol. The average molecular weight is 268 g/mol. The Labute approximate surface area is 116 Å². The minimum atomic E-state index is 0.161. The van der Waals surface area contributed by atoms with Crippen molar-refractivity contribution in [3.63, 3.8) is 0 Å². The molecule has 1 saturated heterocycles. The van der Waals surface area contributed by atoms with Crippen LogP contribution >= 0.6 is 0 Å². The number of carbonyl (C=O) groups is 2. The summed E-state index contributed by atoms with van der Waals surface area (Å²) in [5.41, 5.74) is 0. The van der Waals surface area contributed by atoms with Gasteiger partial charge in [-0.3, -0.25) is 9.59 Å². The standard InChI is InChI=1S/C15H28N2O2/c1-4-5-6-14(18)16-13-7-9-17(10-8-13)15(19)11-12(2)3/h12-13H,4-11H2,1-3H3,(H,16,18). The quantitative estimate of drug-likeness (QED) is 0.804. The molecule has 110 valence electrons. The van der Waals surface area contributed by atoms with Crippen LogP contribution in [0.15, 0.2) is 0 Å². The molecule has 1 N–H and O–H groups in total. The van der Waals surface area contributed by atoms with Crippen LogP contribution < -0.4 is 5.32 Å². The Morgan fingerprint density at radius 3 is 2.42 bits per heavy atom. The zero-order valence-corrected chi connectivity index (χ0v) is 12.6. The maximum Gasteiger partial charge on any atom is 0.222 e. The van der Waals surface area contributed by atoms with Gasteiger partial charge in [0.05, 0.1) is 0 Å². The fourth-order valence-corrected chi connectivity index (χ4v) is 2.39. The van der Waals surface area contributed by atoms with E-state index in [1.54, 1.807) is 0 Å². The molecule has 0 saturated carbocycles. The molecule has 0 unspecified atom stereocenters. The minimum absolute atomic E-state index is 0.161. The summed E-state index contributed by atoms with van der Waals surface area (Å²) >= 11 is 0. The second-order valence-electron chi connectivity index (χ2n) is 5.92. The SMILES string of the molecule is CCCCC(=O)NC1CCN(C(=O)CC(C)C)CC1. The lowest BCUT2D eigenvalue weighted by molar-refractivity contribution is -0.133. The van der Waals surface area contributed by atoms with Crippen molar-refractivity contribution in [1.29, 1.82) is 0 Å². The highest BCUT2D eigenvalue weighted by molar-refractivity contribution is 5.77. The largest absolute Gasteiger partial charge is 0.353 e. The molecule has 4 heteroatoms. The van der Waals surface area contributed by atoms with Gasteiger partial charge in [-0.15, -0.1) is 0 Å². The lowest BCUT2D eigenvalue weighted by Crippen LogP contribution is -2.46. The van der Waals surface area contributed by atoms with E-state index in [4.69, 9.17) is 0 Å². The summed E-state index contributed by atoms with van der Waals surface area (Å²) in [6.07, 6.45) is 5.05. The highest BCUT2D eigenvalue weighted by Crippen LogP contribution is 2.13. The van der Waals surface area contributed by atoms with Gasteiger partial charge < -0.3 is 10.2 Å². The second-order valence-corrected chi connectivity index (χ2v) is 5.92. The second kappa shape index (κ2) is 8.18. The molecule has 0 aromatic rings. The van der Waals surface area contributed by atoms with Crippen molar-refractivity contribution in [2.75, 3.05) is 13.1 Å². The van der Waals surface area contributed by atoms with Crippen LogP contribution in [0.5, 0.6) is 0 Å². The van der Waals surface area contributed by atoms with Gasteiger partial charge in [-0.25, -0.2) is 0 Å². The first kappa shape index (κ1) is 16.0. The Morgan fingerprint density at radius 2 is 1.89 bits per heavy atom. The van der Waals surface area contributed by atoms with Crippen molar-refractivity contribution in [2.24, 2.45) is 5.92 Å². The van der Waals surface area contributed by atoms with E-state index in [-0.39, 0.29) is 17.9 Å². The molecule has 1 fully saturated rings. The first-order chi connectivity index (χ1) is 9.02. The minimum Gasteiger partial charge on any atom is -0.353 e. The van der Waals surface area contributed by atoms with Crippen molar-refractivity contribution in [2.45, 2.75) is 65.3 Å². The Morgan fingerprint density at radius 1 is 1.26 bits per heavy atom. The maximum absolute atomic E-state index is 11.9. The van der Waals surface area contributed by atoms with Crippen LogP contribution in [0.2, 0.25) is 0 Å². The van der Waals surface area contributed by atoms with Crippen LogP contribution in [0, 0.1) is 5.92 Å². The number of unbranched alkanes of at least 4 members (excludes halogenated alkanes) is 1. The summed E-state index contributed by atoms with van der Waals surface area (Å²) < 4.78 is 0. The lowest BCUT2D eigenvalue weighted by Gasteiger charge is -2.32. The summed E-state index contributed by atoms with van der Waals surface area (Å²) in [7, 11) is 0. The van der Waals surface area contributed by atoms with Crippen LogP contribution in [0.3, 0.4) is 0 Å². The molecule has 4 nitrogen and oxygen atoms in total. The van der Waals surface area contributed by atoms with Crippen LogP contribution in [-0.4, -0.2) is 35.8 Å². The monoisotopic (exact) mass is 268 g/mol. The molecule has 0 aliphatic carbocycles. The van der Waals surface area contributed by atoms with Crippen molar-refractivity contribution in [3.05, 3.63) is 0 Å². The zero-order chi connectivity index (χ0) is 14.3. The van der Waals surface area contributed by atoms with E-state index in [1.807, 2.05) is 4.90 Å².